The molecule has 3 aromatic heterocycles. The molecule has 3 aliphatic rings. The molecule has 4 aromatic carbocycles. The number of hydrogen-bond acceptors (Lipinski definition) is 12. The summed E-state index contributed by atoms with van der Waals surface area (Å²) in [6, 6.07) is 25.7. The number of thiophene rings is 1. The van der Waals surface area contributed by atoms with E-state index in [0.717, 1.165) is 83.1 Å². The van der Waals surface area contributed by atoms with Crippen molar-refractivity contribution in [1.82, 2.24) is 35.1 Å². The molecule has 7 aromatic rings. The lowest BCUT2D eigenvalue weighted by molar-refractivity contribution is -0.145. The van der Waals surface area contributed by atoms with E-state index in [-0.39, 0.29) is 24.7 Å². The van der Waals surface area contributed by atoms with Gasteiger partial charge in [-0.2, -0.15) is 0 Å². The summed E-state index contributed by atoms with van der Waals surface area (Å²) in [5.74, 6) is 0.222. The average molecular weight is 886 g/mol. The topological polar surface area (TPSA) is 135 Å². The number of fused-ring (bicyclic) bond motifs is 6. The quantitative estimate of drug-likeness (QED) is 0.137. The van der Waals surface area contributed by atoms with Gasteiger partial charge >= 0.3 is 5.97 Å². The lowest BCUT2D eigenvalue weighted by Crippen LogP contribution is -2.46. The molecule has 0 unspecified atom stereocenters. The Bertz CT molecular complexity index is 2780. The molecule has 2 N–H and O–H groups in total. The van der Waals surface area contributed by atoms with Crippen LogP contribution < -0.4 is 19.5 Å². The number of carboxylic acid groups (broad SMARTS) is 1. The van der Waals surface area contributed by atoms with Crippen LogP contribution in [0.15, 0.2) is 97.5 Å². The molecule has 15 heteroatoms. The van der Waals surface area contributed by atoms with Crippen LogP contribution >= 0.6 is 22.9 Å². The number of halogens is 2. The second-order valence-electron chi connectivity index (χ2n) is 15.6. The van der Waals surface area contributed by atoms with Crippen LogP contribution in [-0.4, -0.2) is 93.3 Å². The number of hydrogen-bond donors (Lipinski definition) is 2. The Labute approximate surface area is 373 Å². The number of carboxylic acids is 1. The summed E-state index contributed by atoms with van der Waals surface area (Å²) in [6.07, 6.45) is 1.64. The number of methoxy groups -OCH3 is 1. The van der Waals surface area contributed by atoms with E-state index >= 15 is 0 Å². The van der Waals surface area contributed by atoms with E-state index < -0.39 is 12.1 Å². The van der Waals surface area contributed by atoms with Crippen molar-refractivity contribution in [1.29, 1.82) is 0 Å². The van der Waals surface area contributed by atoms with Crippen molar-refractivity contribution in [2.24, 2.45) is 0 Å². The highest BCUT2D eigenvalue weighted by Crippen LogP contribution is 2.49. The minimum absolute atomic E-state index is 0.0378. The van der Waals surface area contributed by atoms with Crippen LogP contribution in [0.5, 0.6) is 17.4 Å². The highest BCUT2D eigenvalue weighted by Gasteiger charge is 2.29. The van der Waals surface area contributed by atoms with E-state index in [0.29, 0.717) is 56.9 Å². The zero-order valence-electron chi connectivity index (χ0n) is 34.8. The molecule has 63 heavy (non-hydrogen) atoms. The SMILES string of the molecule is COc1ccccc1-c1nccc(COc2ccc3cc2C[C@H](C(=O)O)Oc2ncnc4sc(-c5ccc(F)cc5)c(c24)-c2ccc(c(Cl)c2C)CN(CCN2CCNCC2)C3)n1. The lowest BCUT2D eigenvalue weighted by Gasteiger charge is -2.31. The molecule has 1 saturated heterocycles. The Morgan fingerprint density at radius 3 is 2.56 bits per heavy atom. The second kappa shape index (κ2) is 18.8. The minimum atomic E-state index is -1.37. The molecular weight excluding hydrogens is 841 g/mol. The van der Waals surface area contributed by atoms with Crippen LogP contribution in [0.3, 0.4) is 0 Å². The summed E-state index contributed by atoms with van der Waals surface area (Å²) in [6.45, 7) is 8.72. The molecule has 0 spiro atoms. The average Bonchev–Trinajstić information content (AvgIpc) is 3.69. The van der Waals surface area contributed by atoms with Gasteiger partial charge in [-0.25, -0.2) is 29.1 Å². The number of benzene rings is 4. The van der Waals surface area contributed by atoms with Gasteiger partial charge in [0.1, 0.15) is 35.1 Å². The molecule has 0 aliphatic carbocycles. The summed E-state index contributed by atoms with van der Waals surface area (Å²) in [4.78, 5) is 38.0. The van der Waals surface area contributed by atoms with Gasteiger partial charge in [-0.05, 0) is 76.7 Å². The molecule has 6 heterocycles. The summed E-state index contributed by atoms with van der Waals surface area (Å²) in [5.41, 5.74) is 7.14. The number of ether oxygens (including phenoxy) is 3. The third-order valence-electron chi connectivity index (χ3n) is 11.5. The number of nitrogens with one attached hydrogen (secondary N) is 1. The number of carbonyl (C=O) groups is 1. The Balaban J connectivity index is 1.14. The number of aromatic nitrogens is 4. The maximum absolute atomic E-state index is 14.3. The van der Waals surface area contributed by atoms with Gasteiger partial charge in [0.25, 0.3) is 0 Å². The largest absolute Gasteiger partial charge is 0.496 e. The van der Waals surface area contributed by atoms with E-state index in [4.69, 9.17) is 30.8 Å². The molecule has 0 amide bonds. The smallest absolute Gasteiger partial charge is 0.345 e. The van der Waals surface area contributed by atoms with Crippen LogP contribution in [0.25, 0.3) is 43.2 Å². The summed E-state index contributed by atoms with van der Waals surface area (Å²) in [7, 11) is 1.61. The zero-order chi connectivity index (χ0) is 43.5. The third-order valence-corrected chi connectivity index (χ3v) is 13.2. The van der Waals surface area contributed by atoms with E-state index in [1.807, 2.05) is 49.4 Å². The summed E-state index contributed by atoms with van der Waals surface area (Å²) < 4.78 is 32.8. The Hall–Kier alpha value is -6.03. The van der Waals surface area contributed by atoms with Crippen LogP contribution in [0.4, 0.5) is 4.39 Å². The molecular formula is C48H45ClFN7O5S. The van der Waals surface area contributed by atoms with Gasteiger partial charge in [0, 0.05) is 80.4 Å². The molecule has 0 radical (unpaired) electrons. The van der Waals surface area contributed by atoms with Gasteiger partial charge in [0.15, 0.2) is 5.82 Å². The van der Waals surface area contributed by atoms with Crippen molar-refractivity contribution in [3.05, 3.63) is 136 Å². The fraction of sp³-hybridized carbons (Fsp3) is 0.271. The predicted molar refractivity (Wildman–Crippen MR) is 242 cm³/mol. The molecule has 12 nitrogen and oxygen atoms in total. The number of para-hydroxylation sites is 1. The van der Waals surface area contributed by atoms with Gasteiger partial charge in [0.2, 0.25) is 12.0 Å². The van der Waals surface area contributed by atoms with Crippen molar-refractivity contribution >= 4 is 39.1 Å². The Morgan fingerprint density at radius 2 is 1.75 bits per heavy atom. The van der Waals surface area contributed by atoms with Crippen molar-refractivity contribution < 1.29 is 28.5 Å². The molecule has 10 rings (SSSR count). The van der Waals surface area contributed by atoms with Crippen molar-refractivity contribution in [3.63, 3.8) is 0 Å². The Morgan fingerprint density at radius 1 is 0.937 bits per heavy atom. The van der Waals surface area contributed by atoms with Gasteiger partial charge in [-0.1, -0.05) is 60.1 Å². The molecule has 4 bridgehead atoms. The van der Waals surface area contributed by atoms with E-state index in [1.165, 1.54) is 29.8 Å². The minimum Gasteiger partial charge on any atom is -0.496 e. The van der Waals surface area contributed by atoms with E-state index in [2.05, 4.69) is 42.2 Å². The van der Waals surface area contributed by atoms with Crippen LogP contribution in [0.1, 0.15) is 27.9 Å². The first-order chi connectivity index (χ1) is 30.7. The first-order valence-electron chi connectivity index (χ1n) is 20.8. The van der Waals surface area contributed by atoms with Gasteiger partial charge in [0.05, 0.1) is 23.8 Å². The highest BCUT2D eigenvalue weighted by atomic mass is 35.5. The number of piperazine rings is 1. The maximum atomic E-state index is 14.3. The summed E-state index contributed by atoms with van der Waals surface area (Å²) in [5, 5.41) is 15.5. The van der Waals surface area contributed by atoms with Gasteiger partial charge in [-0.3, -0.25) is 9.80 Å². The monoisotopic (exact) mass is 885 g/mol. The number of rotatable bonds is 10. The number of aliphatic carboxylic acids is 1. The maximum Gasteiger partial charge on any atom is 0.345 e. The molecule has 0 saturated carbocycles. The zero-order valence-corrected chi connectivity index (χ0v) is 36.4. The standard InChI is InChI=1S/C48H45ClFN7O5S/c1-29-36-13-10-32(43(29)49)26-57(22-21-56-19-17-51-18-20-56)25-30-7-14-38(61-27-35-15-16-52-45(55-35)37-5-3-4-6-39(37)60-2)33(23-30)24-40(48(58)59)62-46-42-41(36)44(63-47(42)54-28-53-46)31-8-11-34(50)12-9-31/h3-16,23,28,40,51H,17-22,24-27H2,1-2H3,(H,58,59)/t40-/m1/s1. The number of nitrogens with zero attached hydrogens (tertiary/aromatic N) is 6. The second-order valence-corrected chi connectivity index (χ2v) is 17.0. The Kier molecular flexibility index (Phi) is 12.6. The van der Waals surface area contributed by atoms with Crippen LogP contribution in [0, 0.1) is 12.7 Å². The third kappa shape index (κ3) is 9.22. The molecule has 1 fully saturated rings. The van der Waals surface area contributed by atoms with Crippen LogP contribution in [0.2, 0.25) is 5.02 Å². The van der Waals surface area contributed by atoms with E-state index in [1.54, 1.807) is 31.5 Å². The van der Waals surface area contributed by atoms with E-state index in [9.17, 15) is 14.3 Å². The lowest BCUT2D eigenvalue weighted by atomic mass is 9.94. The fourth-order valence-electron chi connectivity index (χ4n) is 8.26. The summed E-state index contributed by atoms with van der Waals surface area (Å²) >= 11 is 8.76. The van der Waals surface area contributed by atoms with Gasteiger partial charge < -0.3 is 24.6 Å². The first-order valence-corrected chi connectivity index (χ1v) is 22.0. The van der Waals surface area contributed by atoms with Crippen molar-refractivity contribution in [2.75, 3.05) is 46.4 Å². The van der Waals surface area contributed by atoms with Crippen LogP contribution in [-0.2, 0) is 30.9 Å². The molecule has 322 valence electrons. The van der Waals surface area contributed by atoms with Crippen molar-refractivity contribution in [2.45, 2.75) is 39.1 Å². The normalized spacial score (nSPS) is 15.9. The first kappa shape index (κ1) is 42.3. The van der Waals surface area contributed by atoms with Gasteiger partial charge in [-0.15, -0.1) is 11.3 Å². The highest BCUT2D eigenvalue weighted by molar-refractivity contribution is 7.22. The molecule has 1 atom stereocenters. The van der Waals surface area contributed by atoms with Crippen molar-refractivity contribution in [3.8, 4) is 50.3 Å². The fourth-order valence-corrected chi connectivity index (χ4v) is 9.63. The predicted octanol–water partition coefficient (Wildman–Crippen LogP) is 8.47. The molecule has 3 aliphatic heterocycles.